The van der Waals surface area contributed by atoms with E-state index in [2.05, 4.69) is 34.6 Å². The molecule has 1 atom stereocenters. The number of rotatable bonds is 7. The van der Waals surface area contributed by atoms with Gasteiger partial charge < -0.3 is 0 Å². The first-order valence-electron chi connectivity index (χ1n) is 8.45. The van der Waals surface area contributed by atoms with Crippen molar-refractivity contribution >= 4 is 0 Å². The van der Waals surface area contributed by atoms with E-state index < -0.39 is 0 Å². The highest BCUT2D eigenvalue weighted by Gasteiger charge is 2.31. The maximum atomic E-state index is 2.53. The smallest absolute Gasteiger partial charge is 0.0326 e. The summed E-state index contributed by atoms with van der Waals surface area (Å²) in [6.45, 7) is 12.2. The minimum absolute atomic E-state index is 0.589. The van der Waals surface area contributed by atoms with E-state index in [9.17, 15) is 0 Å². The molecule has 1 aliphatic carbocycles. The summed E-state index contributed by atoms with van der Waals surface area (Å²) >= 11 is 0. The summed E-state index contributed by atoms with van der Waals surface area (Å²) in [6, 6.07) is 0. The summed E-state index contributed by atoms with van der Waals surface area (Å²) < 4.78 is 0. The predicted molar refractivity (Wildman–Crippen MR) is 82.8 cm³/mol. The average molecular weight is 252 g/mol. The van der Waals surface area contributed by atoms with Gasteiger partial charge in [0.1, 0.15) is 0 Å². The minimum Gasteiger partial charge on any atom is -0.0654 e. The lowest BCUT2D eigenvalue weighted by Gasteiger charge is -2.39. The highest BCUT2D eigenvalue weighted by molar-refractivity contribution is 4.82. The molecule has 0 amide bonds. The fourth-order valence-corrected chi connectivity index (χ4v) is 3.79. The van der Waals surface area contributed by atoms with E-state index in [1.54, 1.807) is 0 Å². The Morgan fingerprint density at radius 3 is 2.22 bits per heavy atom. The van der Waals surface area contributed by atoms with Gasteiger partial charge in [0.05, 0.1) is 0 Å². The summed E-state index contributed by atoms with van der Waals surface area (Å²) in [7, 11) is 0. The largest absolute Gasteiger partial charge is 0.0654 e. The molecule has 0 bridgehead atoms. The zero-order chi connectivity index (χ0) is 13.6. The van der Waals surface area contributed by atoms with Crippen LogP contribution in [0.2, 0.25) is 0 Å². The van der Waals surface area contributed by atoms with Crippen LogP contribution in [0.4, 0.5) is 0 Å². The Bertz CT molecular complexity index is 208. The summed E-state index contributed by atoms with van der Waals surface area (Å²) in [5.74, 6) is 2.92. The molecule has 108 valence electrons. The van der Waals surface area contributed by atoms with E-state index in [0.29, 0.717) is 5.41 Å². The molecule has 0 aromatic rings. The molecule has 0 heteroatoms. The Balaban J connectivity index is 2.26. The van der Waals surface area contributed by atoms with Crippen LogP contribution >= 0.6 is 0 Å². The van der Waals surface area contributed by atoms with Crippen LogP contribution in [-0.2, 0) is 0 Å². The second-order valence-electron chi connectivity index (χ2n) is 7.73. The topological polar surface area (TPSA) is 0 Å². The summed E-state index contributed by atoms with van der Waals surface area (Å²) in [6.07, 6.45) is 13.0. The Hall–Kier alpha value is 0. The highest BCUT2D eigenvalue weighted by Crippen LogP contribution is 2.43. The van der Waals surface area contributed by atoms with Gasteiger partial charge in [0, 0.05) is 0 Å². The van der Waals surface area contributed by atoms with Gasteiger partial charge in [-0.1, -0.05) is 73.1 Å². The molecule has 1 unspecified atom stereocenters. The van der Waals surface area contributed by atoms with Crippen molar-refractivity contribution in [3.63, 3.8) is 0 Å². The summed E-state index contributed by atoms with van der Waals surface area (Å²) in [5, 5.41) is 0. The third-order valence-electron chi connectivity index (χ3n) is 5.42. The molecule has 0 spiro atoms. The van der Waals surface area contributed by atoms with E-state index in [4.69, 9.17) is 0 Å². The Morgan fingerprint density at radius 2 is 1.67 bits per heavy atom. The van der Waals surface area contributed by atoms with Crippen LogP contribution in [0.25, 0.3) is 0 Å². The Morgan fingerprint density at radius 1 is 1.06 bits per heavy atom. The summed E-state index contributed by atoms with van der Waals surface area (Å²) in [5.41, 5.74) is 0.589. The second-order valence-corrected chi connectivity index (χ2v) is 7.73. The van der Waals surface area contributed by atoms with Crippen LogP contribution < -0.4 is 0 Å². The standard InChI is InChI=1S/C18H36/c1-6-8-15(2)9-7-14-18(4,5)17-12-10-16(3)11-13-17/h15-17H,6-14H2,1-5H3. The van der Waals surface area contributed by atoms with E-state index in [1.807, 2.05) is 0 Å². The molecule has 0 radical (unpaired) electrons. The lowest BCUT2D eigenvalue weighted by Crippen LogP contribution is -2.28. The zero-order valence-electron chi connectivity index (χ0n) is 13.6. The molecule has 0 heterocycles. The van der Waals surface area contributed by atoms with Crippen molar-refractivity contribution in [2.75, 3.05) is 0 Å². The Kier molecular flexibility index (Phi) is 6.74. The van der Waals surface area contributed by atoms with Gasteiger partial charge in [-0.15, -0.1) is 0 Å². The molecular formula is C18H36. The molecule has 0 aliphatic heterocycles. The molecule has 1 fully saturated rings. The predicted octanol–water partition coefficient (Wildman–Crippen LogP) is 6.45. The summed E-state index contributed by atoms with van der Waals surface area (Å²) in [4.78, 5) is 0. The molecule has 0 nitrogen and oxygen atoms in total. The SMILES string of the molecule is CCCC(C)CCCC(C)(C)C1CCC(C)CC1. The van der Waals surface area contributed by atoms with Gasteiger partial charge >= 0.3 is 0 Å². The molecule has 18 heavy (non-hydrogen) atoms. The van der Waals surface area contributed by atoms with E-state index in [-0.39, 0.29) is 0 Å². The number of hydrogen-bond donors (Lipinski definition) is 0. The van der Waals surface area contributed by atoms with Crippen LogP contribution in [0.1, 0.15) is 92.4 Å². The molecule has 0 aromatic carbocycles. The molecule has 1 aliphatic rings. The number of hydrogen-bond acceptors (Lipinski definition) is 0. The monoisotopic (exact) mass is 252 g/mol. The third kappa shape index (κ3) is 5.33. The van der Waals surface area contributed by atoms with Crippen LogP contribution in [0, 0.1) is 23.2 Å². The van der Waals surface area contributed by atoms with Crippen LogP contribution in [0.15, 0.2) is 0 Å². The van der Waals surface area contributed by atoms with Gasteiger partial charge in [0.15, 0.2) is 0 Å². The zero-order valence-corrected chi connectivity index (χ0v) is 13.6. The van der Waals surface area contributed by atoms with Gasteiger partial charge in [-0.25, -0.2) is 0 Å². The second kappa shape index (κ2) is 7.56. The minimum atomic E-state index is 0.589. The first-order valence-corrected chi connectivity index (χ1v) is 8.45. The fraction of sp³-hybridized carbons (Fsp3) is 1.00. The first kappa shape index (κ1) is 16.1. The van der Waals surface area contributed by atoms with Gasteiger partial charge in [-0.3, -0.25) is 0 Å². The van der Waals surface area contributed by atoms with Gasteiger partial charge in [-0.2, -0.15) is 0 Å². The fourth-order valence-electron chi connectivity index (χ4n) is 3.79. The average Bonchev–Trinajstić information content (AvgIpc) is 2.29. The van der Waals surface area contributed by atoms with Gasteiger partial charge in [0.2, 0.25) is 0 Å². The van der Waals surface area contributed by atoms with E-state index >= 15 is 0 Å². The molecule has 1 rings (SSSR count). The third-order valence-corrected chi connectivity index (χ3v) is 5.42. The van der Waals surface area contributed by atoms with E-state index in [1.165, 1.54) is 57.8 Å². The molecule has 0 saturated heterocycles. The quantitative estimate of drug-likeness (QED) is 0.488. The van der Waals surface area contributed by atoms with Crippen molar-refractivity contribution in [1.82, 2.24) is 0 Å². The van der Waals surface area contributed by atoms with Crippen LogP contribution in [0.3, 0.4) is 0 Å². The normalized spacial score (nSPS) is 27.2. The van der Waals surface area contributed by atoms with Crippen molar-refractivity contribution in [2.24, 2.45) is 23.2 Å². The van der Waals surface area contributed by atoms with Crippen LogP contribution in [0.5, 0.6) is 0 Å². The molecule has 0 N–H and O–H groups in total. The molecular weight excluding hydrogens is 216 g/mol. The van der Waals surface area contributed by atoms with Crippen molar-refractivity contribution in [3.05, 3.63) is 0 Å². The molecule has 0 aromatic heterocycles. The maximum absolute atomic E-state index is 2.53. The van der Waals surface area contributed by atoms with Gasteiger partial charge in [0.25, 0.3) is 0 Å². The van der Waals surface area contributed by atoms with E-state index in [0.717, 1.165) is 17.8 Å². The lowest BCUT2D eigenvalue weighted by molar-refractivity contribution is 0.122. The van der Waals surface area contributed by atoms with Crippen molar-refractivity contribution in [1.29, 1.82) is 0 Å². The van der Waals surface area contributed by atoms with Crippen LogP contribution in [-0.4, -0.2) is 0 Å². The van der Waals surface area contributed by atoms with Crippen molar-refractivity contribution in [2.45, 2.75) is 92.4 Å². The lowest BCUT2D eigenvalue weighted by atomic mass is 9.67. The van der Waals surface area contributed by atoms with Gasteiger partial charge in [-0.05, 0) is 42.4 Å². The van der Waals surface area contributed by atoms with Crippen molar-refractivity contribution < 1.29 is 0 Å². The Labute approximate surface area is 116 Å². The first-order chi connectivity index (χ1) is 8.45. The highest BCUT2D eigenvalue weighted by atomic mass is 14.4. The molecule has 1 saturated carbocycles. The van der Waals surface area contributed by atoms with Crippen molar-refractivity contribution in [3.8, 4) is 0 Å². The maximum Gasteiger partial charge on any atom is -0.0326 e.